The van der Waals surface area contributed by atoms with Crippen molar-refractivity contribution in [3.63, 3.8) is 0 Å². The molecule has 6 heteroatoms. The van der Waals surface area contributed by atoms with Crippen LogP contribution in [-0.4, -0.2) is 9.97 Å². The SMILES string of the molecule is O=c1nc(-c2ccc(Sc3ccc(Cl)cc3)nc2)sc2ccccc12. The number of rotatable bonds is 3. The minimum absolute atomic E-state index is 0.205. The second kappa shape index (κ2) is 6.96. The van der Waals surface area contributed by atoms with E-state index < -0.39 is 0 Å². The van der Waals surface area contributed by atoms with Gasteiger partial charge in [0.1, 0.15) is 10.0 Å². The number of pyridine rings is 1. The van der Waals surface area contributed by atoms with Gasteiger partial charge in [0.2, 0.25) is 0 Å². The Morgan fingerprint density at radius 1 is 0.960 bits per heavy atom. The second-order valence-electron chi connectivity index (χ2n) is 5.26. The molecule has 0 aliphatic carbocycles. The Bertz CT molecular complexity index is 1090. The maximum atomic E-state index is 12.2. The van der Waals surface area contributed by atoms with Crippen molar-refractivity contribution in [1.29, 1.82) is 0 Å². The van der Waals surface area contributed by atoms with Crippen molar-refractivity contribution in [2.45, 2.75) is 9.92 Å². The van der Waals surface area contributed by atoms with Gasteiger partial charge in [-0.05, 0) is 48.5 Å². The van der Waals surface area contributed by atoms with Crippen LogP contribution < -0.4 is 5.56 Å². The van der Waals surface area contributed by atoms with Crippen LogP contribution in [0.1, 0.15) is 0 Å². The minimum atomic E-state index is -0.205. The van der Waals surface area contributed by atoms with Crippen LogP contribution in [0.3, 0.4) is 0 Å². The predicted octanol–water partition coefficient (Wildman–Crippen LogP) is 5.52. The highest BCUT2D eigenvalue weighted by molar-refractivity contribution is 7.99. The van der Waals surface area contributed by atoms with Gasteiger partial charge in [-0.2, -0.15) is 4.98 Å². The summed E-state index contributed by atoms with van der Waals surface area (Å²) < 4.78 is 0.928. The first kappa shape index (κ1) is 16.3. The van der Waals surface area contributed by atoms with E-state index in [-0.39, 0.29) is 5.56 Å². The van der Waals surface area contributed by atoms with Gasteiger partial charge in [0.15, 0.2) is 0 Å². The van der Waals surface area contributed by atoms with Gasteiger partial charge in [0.05, 0.1) is 5.39 Å². The summed E-state index contributed by atoms with van der Waals surface area (Å²) >= 11 is 8.95. The van der Waals surface area contributed by atoms with Gasteiger partial charge in [-0.3, -0.25) is 4.79 Å². The zero-order valence-electron chi connectivity index (χ0n) is 12.8. The van der Waals surface area contributed by atoms with Crippen LogP contribution in [0, 0.1) is 0 Å². The van der Waals surface area contributed by atoms with Gasteiger partial charge in [-0.25, -0.2) is 4.98 Å². The molecule has 0 bridgehead atoms. The first-order chi connectivity index (χ1) is 12.2. The summed E-state index contributed by atoms with van der Waals surface area (Å²) in [5, 5.41) is 2.92. The molecule has 0 aliphatic rings. The second-order valence-corrected chi connectivity index (χ2v) is 7.82. The third-order valence-electron chi connectivity index (χ3n) is 3.55. The van der Waals surface area contributed by atoms with Crippen LogP contribution in [0.4, 0.5) is 0 Å². The molecule has 0 fully saturated rings. The number of nitrogens with zero attached hydrogens (tertiary/aromatic N) is 2. The molecule has 0 atom stereocenters. The van der Waals surface area contributed by atoms with Crippen LogP contribution in [0.2, 0.25) is 5.02 Å². The van der Waals surface area contributed by atoms with E-state index in [0.29, 0.717) is 15.4 Å². The Morgan fingerprint density at radius 2 is 1.76 bits per heavy atom. The Hall–Kier alpha value is -2.21. The van der Waals surface area contributed by atoms with Crippen LogP contribution in [0.5, 0.6) is 0 Å². The molecule has 3 nitrogen and oxygen atoms in total. The minimum Gasteiger partial charge on any atom is -0.267 e. The Morgan fingerprint density at radius 3 is 2.52 bits per heavy atom. The lowest BCUT2D eigenvalue weighted by Gasteiger charge is -2.04. The fourth-order valence-corrected chi connectivity index (χ4v) is 4.19. The highest BCUT2D eigenvalue weighted by atomic mass is 35.5. The van der Waals surface area contributed by atoms with Crippen molar-refractivity contribution in [3.8, 4) is 10.6 Å². The van der Waals surface area contributed by atoms with E-state index in [2.05, 4.69) is 9.97 Å². The smallest absolute Gasteiger partial charge is 0.267 e. The van der Waals surface area contributed by atoms with Crippen LogP contribution in [-0.2, 0) is 0 Å². The molecular weight excluding hydrogens is 372 g/mol. The molecule has 2 aromatic heterocycles. The molecule has 0 N–H and O–H groups in total. The maximum absolute atomic E-state index is 12.2. The van der Waals surface area contributed by atoms with Crippen molar-refractivity contribution in [1.82, 2.24) is 9.97 Å². The number of aromatic nitrogens is 2. The highest BCUT2D eigenvalue weighted by Gasteiger charge is 2.07. The fraction of sp³-hybridized carbons (Fsp3) is 0. The van der Waals surface area contributed by atoms with E-state index in [1.54, 1.807) is 24.0 Å². The molecule has 0 amide bonds. The lowest BCUT2D eigenvalue weighted by Crippen LogP contribution is -2.05. The van der Waals surface area contributed by atoms with Crippen molar-refractivity contribution in [2.75, 3.05) is 0 Å². The fourth-order valence-electron chi connectivity index (χ4n) is 2.33. The van der Waals surface area contributed by atoms with E-state index >= 15 is 0 Å². The lowest BCUT2D eigenvalue weighted by molar-refractivity contribution is 1.13. The quantitative estimate of drug-likeness (QED) is 0.467. The van der Waals surface area contributed by atoms with Crippen molar-refractivity contribution < 1.29 is 0 Å². The maximum Gasteiger partial charge on any atom is 0.279 e. The topological polar surface area (TPSA) is 42.9 Å². The molecule has 0 spiro atoms. The molecule has 2 heterocycles. The summed E-state index contributed by atoms with van der Waals surface area (Å²) in [6.45, 7) is 0. The number of hydrogen-bond donors (Lipinski definition) is 0. The standard InChI is InChI=1S/C19H11ClN2OS2/c20-13-6-8-14(9-7-13)24-17-10-5-12(11-21-17)19-22-18(23)15-3-1-2-4-16(15)25-19/h1-11H. The molecule has 2 aromatic carbocycles. The normalized spacial score (nSPS) is 10.9. The highest BCUT2D eigenvalue weighted by Crippen LogP contribution is 2.30. The van der Waals surface area contributed by atoms with E-state index in [9.17, 15) is 4.79 Å². The van der Waals surface area contributed by atoms with Gasteiger partial charge >= 0.3 is 0 Å². The molecule has 0 saturated carbocycles. The average Bonchev–Trinajstić information content (AvgIpc) is 2.64. The molecule has 0 unspecified atom stereocenters. The van der Waals surface area contributed by atoms with Gasteiger partial charge in [-0.1, -0.05) is 35.5 Å². The van der Waals surface area contributed by atoms with Gasteiger partial charge in [0, 0.05) is 26.4 Å². The van der Waals surface area contributed by atoms with Crippen LogP contribution >= 0.6 is 34.7 Å². The third-order valence-corrected chi connectivity index (χ3v) is 5.85. The Labute approximate surface area is 157 Å². The number of benzene rings is 2. The summed E-state index contributed by atoms with van der Waals surface area (Å²) in [6, 6.07) is 19.0. The third kappa shape index (κ3) is 3.58. The summed E-state index contributed by atoms with van der Waals surface area (Å²) in [6.07, 6.45) is 1.76. The zero-order valence-corrected chi connectivity index (χ0v) is 15.2. The first-order valence-electron chi connectivity index (χ1n) is 7.49. The van der Waals surface area contributed by atoms with Crippen molar-refractivity contribution >= 4 is 44.8 Å². The summed E-state index contributed by atoms with van der Waals surface area (Å²) in [5.74, 6) is 0. The predicted molar refractivity (Wildman–Crippen MR) is 105 cm³/mol. The first-order valence-corrected chi connectivity index (χ1v) is 9.50. The van der Waals surface area contributed by atoms with Crippen molar-refractivity contribution in [3.05, 3.63) is 82.2 Å². The zero-order chi connectivity index (χ0) is 17.2. The number of halogens is 1. The molecule has 25 heavy (non-hydrogen) atoms. The van der Waals surface area contributed by atoms with Gasteiger partial charge in [-0.15, -0.1) is 11.3 Å². The summed E-state index contributed by atoms with van der Waals surface area (Å²) in [7, 11) is 0. The molecule has 4 aromatic rings. The average molecular weight is 383 g/mol. The van der Waals surface area contributed by atoms with Crippen molar-refractivity contribution in [2.24, 2.45) is 0 Å². The molecule has 0 aliphatic heterocycles. The Balaban J connectivity index is 1.64. The molecular formula is C19H11ClN2OS2. The van der Waals surface area contributed by atoms with E-state index in [4.69, 9.17) is 11.6 Å². The molecule has 0 saturated heterocycles. The van der Waals surface area contributed by atoms with Crippen LogP contribution in [0.15, 0.2) is 81.6 Å². The van der Waals surface area contributed by atoms with E-state index in [1.807, 2.05) is 54.6 Å². The lowest BCUT2D eigenvalue weighted by atomic mass is 10.3. The van der Waals surface area contributed by atoms with Gasteiger partial charge in [0.25, 0.3) is 5.56 Å². The summed E-state index contributed by atoms with van der Waals surface area (Å²) in [4.78, 5) is 21.9. The summed E-state index contributed by atoms with van der Waals surface area (Å²) in [5.41, 5.74) is 0.636. The van der Waals surface area contributed by atoms with E-state index in [0.717, 1.165) is 20.2 Å². The number of fused-ring (bicyclic) bond motifs is 1. The van der Waals surface area contributed by atoms with Gasteiger partial charge < -0.3 is 0 Å². The van der Waals surface area contributed by atoms with E-state index in [1.165, 1.54) is 11.3 Å². The monoisotopic (exact) mass is 382 g/mol. The molecule has 0 radical (unpaired) electrons. The van der Waals surface area contributed by atoms with Crippen LogP contribution in [0.25, 0.3) is 20.7 Å². The number of hydrogen-bond acceptors (Lipinski definition) is 5. The Kier molecular flexibility index (Phi) is 4.53. The molecule has 4 rings (SSSR count). The largest absolute Gasteiger partial charge is 0.279 e. The molecule has 122 valence electrons.